The van der Waals surface area contributed by atoms with Gasteiger partial charge in [-0.05, 0) is 44.9 Å². The van der Waals surface area contributed by atoms with Crippen molar-refractivity contribution in [3.63, 3.8) is 0 Å². The minimum Gasteiger partial charge on any atom is -0.352 e. The molecule has 0 bridgehead atoms. The van der Waals surface area contributed by atoms with Crippen LogP contribution in [0.4, 0.5) is 0 Å². The second kappa shape index (κ2) is 7.17. The molecule has 0 aliphatic heterocycles. The van der Waals surface area contributed by atoms with Gasteiger partial charge in [-0.25, -0.2) is 9.67 Å². The van der Waals surface area contributed by atoms with Gasteiger partial charge in [0.25, 0.3) is 0 Å². The summed E-state index contributed by atoms with van der Waals surface area (Å²) >= 11 is 0. The van der Waals surface area contributed by atoms with Crippen molar-refractivity contribution < 1.29 is 4.79 Å². The normalized spacial score (nSPS) is 12.2. The second-order valence-corrected chi connectivity index (χ2v) is 5.66. The van der Waals surface area contributed by atoms with Crippen molar-refractivity contribution in [2.45, 2.75) is 46.2 Å². The number of nitrogens with two attached hydrogens (primary N) is 1. The van der Waals surface area contributed by atoms with Crippen molar-refractivity contribution in [1.82, 2.24) is 20.1 Å². The van der Waals surface area contributed by atoms with Gasteiger partial charge < -0.3 is 11.1 Å². The maximum atomic E-state index is 11.7. The van der Waals surface area contributed by atoms with E-state index in [-0.39, 0.29) is 11.9 Å². The van der Waals surface area contributed by atoms with Crippen molar-refractivity contribution in [2.24, 2.45) is 5.73 Å². The quantitative estimate of drug-likeness (QED) is 0.849. The molecule has 0 saturated heterocycles. The van der Waals surface area contributed by atoms with E-state index < -0.39 is 0 Å². The van der Waals surface area contributed by atoms with E-state index in [0.717, 1.165) is 22.8 Å². The van der Waals surface area contributed by atoms with Crippen molar-refractivity contribution in [3.8, 4) is 5.82 Å². The van der Waals surface area contributed by atoms with Crippen LogP contribution >= 0.6 is 0 Å². The maximum Gasteiger partial charge on any atom is 0.220 e. The molecule has 1 amide bonds. The largest absolute Gasteiger partial charge is 0.352 e. The highest BCUT2D eigenvalue weighted by Crippen LogP contribution is 2.10. The zero-order chi connectivity index (χ0) is 16.1. The molecule has 0 radical (unpaired) electrons. The number of pyridine rings is 1. The Balaban J connectivity index is 1.92. The molecule has 2 aromatic heterocycles. The third kappa shape index (κ3) is 4.39. The summed E-state index contributed by atoms with van der Waals surface area (Å²) < 4.78 is 1.81. The zero-order valence-corrected chi connectivity index (χ0v) is 13.3. The summed E-state index contributed by atoms with van der Waals surface area (Å²) in [6.07, 6.45) is 2.91. The highest BCUT2D eigenvalue weighted by molar-refractivity contribution is 5.75. The maximum absolute atomic E-state index is 11.7. The molecule has 3 N–H and O–H groups in total. The van der Waals surface area contributed by atoms with E-state index in [1.165, 1.54) is 0 Å². The first-order valence-electron chi connectivity index (χ1n) is 7.46. The lowest BCUT2D eigenvalue weighted by Gasteiger charge is -2.08. The lowest BCUT2D eigenvalue weighted by atomic mass is 10.2. The molecule has 0 aromatic carbocycles. The summed E-state index contributed by atoms with van der Waals surface area (Å²) in [4.78, 5) is 16.1. The molecule has 6 nitrogen and oxygen atoms in total. The van der Waals surface area contributed by atoms with E-state index >= 15 is 0 Å². The fourth-order valence-corrected chi connectivity index (χ4v) is 2.16. The van der Waals surface area contributed by atoms with Gasteiger partial charge in [-0.1, -0.05) is 6.07 Å². The first kappa shape index (κ1) is 16.2. The fraction of sp³-hybridized carbons (Fsp3) is 0.438. The summed E-state index contributed by atoms with van der Waals surface area (Å²) in [5, 5.41) is 7.27. The van der Waals surface area contributed by atoms with Crippen molar-refractivity contribution >= 4 is 5.91 Å². The lowest BCUT2D eigenvalue weighted by Crippen LogP contribution is -2.25. The molecular weight excluding hydrogens is 278 g/mol. The van der Waals surface area contributed by atoms with Crippen LogP contribution in [0.1, 0.15) is 36.7 Å². The van der Waals surface area contributed by atoms with E-state index in [1.807, 2.05) is 39.0 Å². The van der Waals surface area contributed by atoms with Gasteiger partial charge in [0.2, 0.25) is 5.91 Å². The molecule has 0 aliphatic carbocycles. The summed E-state index contributed by atoms with van der Waals surface area (Å²) in [7, 11) is 0. The number of hydrogen-bond acceptors (Lipinski definition) is 4. The highest BCUT2D eigenvalue weighted by Gasteiger charge is 2.06. The van der Waals surface area contributed by atoms with E-state index in [9.17, 15) is 4.79 Å². The summed E-state index contributed by atoms with van der Waals surface area (Å²) in [5.41, 5.74) is 8.60. The molecule has 0 saturated carbocycles. The Morgan fingerprint density at radius 2 is 2.18 bits per heavy atom. The lowest BCUT2D eigenvalue weighted by molar-refractivity contribution is -0.121. The van der Waals surface area contributed by atoms with Gasteiger partial charge in [-0.3, -0.25) is 4.79 Å². The van der Waals surface area contributed by atoms with E-state index in [1.54, 1.807) is 10.9 Å². The third-order valence-electron chi connectivity index (χ3n) is 3.35. The Hall–Kier alpha value is -2.21. The SMILES string of the molecule is Cc1cc(C)n(-c2ccc(CNC(=O)CCC(C)N)cn2)n1. The van der Waals surface area contributed by atoms with Crippen LogP contribution in [0.25, 0.3) is 5.82 Å². The molecule has 2 rings (SSSR count). The summed E-state index contributed by atoms with van der Waals surface area (Å²) in [6.45, 7) is 6.32. The van der Waals surface area contributed by atoms with Gasteiger partial charge in [-0.15, -0.1) is 0 Å². The number of nitrogens with one attached hydrogen (secondary N) is 1. The first-order valence-corrected chi connectivity index (χ1v) is 7.46. The van der Waals surface area contributed by atoms with E-state index in [0.29, 0.717) is 19.4 Å². The smallest absolute Gasteiger partial charge is 0.220 e. The van der Waals surface area contributed by atoms with E-state index in [2.05, 4.69) is 15.4 Å². The molecule has 6 heteroatoms. The number of nitrogens with zero attached hydrogens (tertiary/aromatic N) is 3. The molecule has 118 valence electrons. The number of carbonyl (C=O) groups excluding carboxylic acids is 1. The molecule has 0 fully saturated rings. The second-order valence-electron chi connectivity index (χ2n) is 5.66. The van der Waals surface area contributed by atoms with Crippen LogP contribution in [0.5, 0.6) is 0 Å². The van der Waals surface area contributed by atoms with Crippen LogP contribution in [0.2, 0.25) is 0 Å². The minimum absolute atomic E-state index is 0.0138. The van der Waals surface area contributed by atoms with Crippen LogP contribution in [0.15, 0.2) is 24.4 Å². The van der Waals surface area contributed by atoms with Gasteiger partial charge in [0.1, 0.15) is 0 Å². The predicted octanol–water partition coefficient (Wildman–Crippen LogP) is 1.63. The van der Waals surface area contributed by atoms with Gasteiger partial charge in [0.05, 0.1) is 5.69 Å². The highest BCUT2D eigenvalue weighted by atomic mass is 16.1. The third-order valence-corrected chi connectivity index (χ3v) is 3.35. The molecular formula is C16H23N5O. The molecule has 1 atom stereocenters. The van der Waals surface area contributed by atoms with Gasteiger partial charge in [-0.2, -0.15) is 5.10 Å². The number of amides is 1. The van der Waals surface area contributed by atoms with Crippen LogP contribution < -0.4 is 11.1 Å². The monoisotopic (exact) mass is 301 g/mol. The average molecular weight is 301 g/mol. The molecule has 2 aromatic rings. The first-order chi connectivity index (χ1) is 10.5. The summed E-state index contributed by atoms with van der Waals surface area (Å²) in [6, 6.07) is 5.91. The molecule has 0 spiro atoms. The Morgan fingerprint density at radius 1 is 1.41 bits per heavy atom. The van der Waals surface area contributed by atoms with Crippen LogP contribution in [0, 0.1) is 13.8 Å². The van der Waals surface area contributed by atoms with Crippen LogP contribution in [-0.2, 0) is 11.3 Å². The Kier molecular flexibility index (Phi) is 5.27. The molecule has 2 heterocycles. The van der Waals surface area contributed by atoms with Crippen LogP contribution in [-0.4, -0.2) is 26.7 Å². The van der Waals surface area contributed by atoms with Crippen molar-refractivity contribution in [2.75, 3.05) is 0 Å². The molecule has 1 unspecified atom stereocenters. The predicted molar refractivity (Wildman–Crippen MR) is 85.6 cm³/mol. The van der Waals surface area contributed by atoms with Gasteiger partial charge in [0.15, 0.2) is 5.82 Å². The standard InChI is InChI=1S/C16H23N5O/c1-11(17)4-7-16(22)19-10-14-5-6-15(18-9-14)21-13(3)8-12(2)20-21/h5-6,8-9,11H,4,7,10,17H2,1-3H3,(H,19,22). The van der Waals surface area contributed by atoms with E-state index in [4.69, 9.17) is 5.73 Å². The number of aryl methyl sites for hydroxylation is 2. The van der Waals surface area contributed by atoms with Gasteiger partial charge >= 0.3 is 0 Å². The Morgan fingerprint density at radius 3 is 2.73 bits per heavy atom. The zero-order valence-electron chi connectivity index (χ0n) is 13.3. The molecule has 22 heavy (non-hydrogen) atoms. The number of aromatic nitrogens is 3. The van der Waals surface area contributed by atoms with Gasteiger partial charge in [0, 0.05) is 30.9 Å². The van der Waals surface area contributed by atoms with Crippen molar-refractivity contribution in [1.29, 1.82) is 0 Å². The van der Waals surface area contributed by atoms with Crippen molar-refractivity contribution in [3.05, 3.63) is 41.3 Å². The van der Waals surface area contributed by atoms with Crippen LogP contribution in [0.3, 0.4) is 0 Å². The Bertz CT molecular complexity index is 630. The minimum atomic E-state index is 0.0138. The average Bonchev–Trinajstić information content (AvgIpc) is 2.82. The molecule has 0 aliphatic rings. The summed E-state index contributed by atoms with van der Waals surface area (Å²) in [5.74, 6) is 0.789. The number of carbonyl (C=O) groups is 1. The topological polar surface area (TPSA) is 85.8 Å². The fourth-order valence-electron chi connectivity index (χ4n) is 2.16. The number of rotatable bonds is 6. The Labute approximate surface area is 130 Å². The number of hydrogen-bond donors (Lipinski definition) is 2.